The molecule has 0 aliphatic rings. The largest absolute Gasteiger partial charge is 0.456 e. The first-order chi connectivity index (χ1) is 15.8. The maximum absolute atomic E-state index is 13.1. The minimum Gasteiger partial charge on any atom is -0.456 e. The maximum atomic E-state index is 13.1. The highest BCUT2D eigenvalue weighted by Gasteiger charge is 2.15. The molecule has 12 heteroatoms. The fourth-order valence-electron chi connectivity index (χ4n) is 2.73. The highest BCUT2D eigenvalue weighted by Crippen LogP contribution is 2.15. The monoisotopic (exact) mass is 459 g/mol. The summed E-state index contributed by atoms with van der Waals surface area (Å²) in [5.74, 6) is -4.81. The van der Waals surface area contributed by atoms with Gasteiger partial charge in [0.05, 0.1) is 18.5 Å². The summed E-state index contributed by atoms with van der Waals surface area (Å²) in [7, 11) is 0. The number of ether oxygens (including phenoxy) is 1. The lowest BCUT2D eigenvalue weighted by atomic mass is 10.2. The zero-order valence-electron chi connectivity index (χ0n) is 17.1. The van der Waals surface area contributed by atoms with Crippen molar-refractivity contribution in [3.05, 3.63) is 59.8 Å². The van der Waals surface area contributed by atoms with Crippen molar-refractivity contribution in [1.82, 2.24) is 20.8 Å². The van der Waals surface area contributed by atoms with Crippen LogP contribution in [0.2, 0.25) is 0 Å². The van der Waals surface area contributed by atoms with E-state index in [2.05, 4.69) is 26.1 Å². The van der Waals surface area contributed by atoms with Crippen molar-refractivity contribution in [3.8, 4) is 0 Å². The summed E-state index contributed by atoms with van der Waals surface area (Å²) in [6, 6.07) is 9.88. The average Bonchev–Trinajstić information content (AvgIpc) is 3.23. The highest BCUT2D eigenvalue weighted by atomic mass is 19.2. The number of hydrogen-bond donors (Lipinski definition) is 4. The van der Waals surface area contributed by atoms with E-state index >= 15 is 0 Å². The summed E-state index contributed by atoms with van der Waals surface area (Å²) in [6.45, 7) is -1.13. The number of rotatable bonds is 9. The van der Waals surface area contributed by atoms with Gasteiger partial charge in [-0.15, -0.1) is 0 Å². The van der Waals surface area contributed by atoms with Crippen molar-refractivity contribution in [2.45, 2.75) is 6.42 Å². The third-order valence-corrected chi connectivity index (χ3v) is 4.31. The van der Waals surface area contributed by atoms with Gasteiger partial charge in [-0.3, -0.25) is 24.3 Å². The van der Waals surface area contributed by atoms with Crippen molar-refractivity contribution in [2.24, 2.45) is 0 Å². The number of hydrogen-bond acceptors (Lipinski definition) is 6. The number of aromatic amines is 1. The molecule has 33 heavy (non-hydrogen) atoms. The Labute approximate surface area is 185 Å². The van der Waals surface area contributed by atoms with Gasteiger partial charge in [0.15, 0.2) is 23.9 Å². The molecule has 0 atom stereocenters. The minimum absolute atomic E-state index is 0.0180. The number of carbonyl (C=O) groups excluding carboxylic acids is 4. The second kappa shape index (κ2) is 10.8. The maximum Gasteiger partial charge on any atom is 0.308 e. The van der Waals surface area contributed by atoms with Crippen molar-refractivity contribution in [3.63, 3.8) is 0 Å². The van der Waals surface area contributed by atoms with Crippen LogP contribution in [0.5, 0.6) is 0 Å². The molecule has 0 aliphatic carbocycles. The molecule has 2 aromatic carbocycles. The Balaban J connectivity index is 1.32. The van der Waals surface area contributed by atoms with Crippen LogP contribution in [0.4, 0.5) is 14.5 Å². The van der Waals surface area contributed by atoms with E-state index in [1.54, 1.807) is 24.3 Å². The molecule has 0 unspecified atom stereocenters. The van der Waals surface area contributed by atoms with E-state index in [9.17, 15) is 28.0 Å². The van der Waals surface area contributed by atoms with E-state index in [1.165, 1.54) is 0 Å². The Morgan fingerprint density at radius 1 is 0.970 bits per heavy atom. The molecule has 4 N–H and O–H groups in total. The molecule has 3 aromatic rings. The number of benzene rings is 2. The van der Waals surface area contributed by atoms with Gasteiger partial charge in [0.25, 0.3) is 11.8 Å². The summed E-state index contributed by atoms with van der Waals surface area (Å²) in [5, 5.41) is 14.4. The van der Waals surface area contributed by atoms with Gasteiger partial charge in [-0.1, -0.05) is 18.2 Å². The normalized spacial score (nSPS) is 10.5. The Bertz CT molecular complexity index is 1200. The third kappa shape index (κ3) is 6.56. The molecule has 3 rings (SSSR count). The molecular formula is C21H19F2N5O5. The molecular weight excluding hydrogens is 440 g/mol. The number of fused-ring (bicyclic) bond motifs is 1. The second-order valence-corrected chi connectivity index (χ2v) is 6.74. The topological polar surface area (TPSA) is 142 Å². The number of aromatic nitrogens is 2. The molecule has 0 spiro atoms. The van der Waals surface area contributed by atoms with Crippen LogP contribution in [0.25, 0.3) is 10.9 Å². The van der Waals surface area contributed by atoms with Crippen molar-refractivity contribution in [1.29, 1.82) is 0 Å². The minimum atomic E-state index is -1.13. The smallest absolute Gasteiger partial charge is 0.308 e. The van der Waals surface area contributed by atoms with Crippen LogP contribution in [-0.4, -0.2) is 53.6 Å². The van der Waals surface area contributed by atoms with Crippen LogP contribution < -0.4 is 16.0 Å². The molecule has 0 aliphatic heterocycles. The number of anilines is 1. The van der Waals surface area contributed by atoms with Crippen LogP contribution in [0, 0.1) is 11.6 Å². The van der Waals surface area contributed by atoms with Crippen molar-refractivity contribution >= 4 is 40.3 Å². The number of H-pyrrole nitrogens is 1. The van der Waals surface area contributed by atoms with Gasteiger partial charge in [-0.25, -0.2) is 8.78 Å². The standard InChI is InChI=1S/C21H19F2N5O5/c22-14-6-5-12(9-15(14)23)26-17(29)10-25-18(30)11-33-19(31)7-8-24-21(32)20-13-3-1-2-4-16(13)27-28-20/h1-6,9H,7-8,10-11H2,(H,24,32)(H,25,30)(H,26,29)(H,27,28). The predicted octanol–water partition coefficient (Wildman–Crippen LogP) is 1.26. The van der Waals surface area contributed by atoms with Crippen LogP contribution in [-0.2, 0) is 19.1 Å². The fourth-order valence-corrected chi connectivity index (χ4v) is 2.73. The molecule has 3 amide bonds. The zero-order valence-corrected chi connectivity index (χ0v) is 17.1. The quantitative estimate of drug-likeness (QED) is 0.355. The van der Waals surface area contributed by atoms with Gasteiger partial charge in [0.1, 0.15) is 0 Å². The van der Waals surface area contributed by atoms with Crippen LogP contribution >= 0.6 is 0 Å². The van der Waals surface area contributed by atoms with Crippen LogP contribution in [0.15, 0.2) is 42.5 Å². The Kier molecular flexibility index (Phi) is 7.63. The van der Waals surface area contributed by atoms with Crippen LogP contribution in [0.3, 0.4) is 0 Å². The first-order valence-corrected chi connectivity index (χ1v) is 9.72. The summed E-state index contributed by atoms with van der Waals surface area (Å²) < 4.78 is 30.8. The number of amides is 3. The number of nitrogens with one attached hydrogen (secondary N) is 4. The molecule has 172 valence electrons. The van der Waals surface area contributed by atoms with E-state index in [0.29, 0.717) is 10.9 Å². The molecule has 10 nitrogen and oxygen atoms in total. The molecule has 0 saturated carbocycles. The SMILES string of the molecule is O=C(COC(=O)CCNC(=O)c1n[nH]c2ccccc12)NCC(=O)Nc1ccc(F)c(F)c1. The van der Waals surface area contributed by atoms with E-state index in [-0.39, 0.29) is 24.3 Å². The number of para-hydroxylation sites is 1. The number of halogens is 2. The third-order valence-electron chi connectivity index (χ3n) is 4.31. The second-order valence-electron chi connectivity index (χ2n) is 6.74. The lowest BCUT2D eigenvalue weighted by Crippen LogP contribution is -2.36. The first-order valence-electron chi connectivity index (χ1n) is 9.72. The molecule has 0 bridgehead atoms. The summed E-state index contributed by atoms with van der Waals surface area (Å²) >= 11 is 0. The van der Waals surface area contributed by atoms with E-state index in [4.69, 9.17) is 4.74 Å². The summed E-state index contributed by atoms with van der Waals surface area (Å²) in [6.07, 6.45) is -0.183. The number of esters is 1. The van der Waals surface area contributed by atoms with Crippen molar-refractivity contribution in [2.75, 3.05) is 25.0 Å². The lowest BCUT2D eigenvalue weighted by molar-refractivity contribution is -0.148. The van der Waals surface area contributed by atoms with E-state index in [0.717, 1.165) is 18.2 Å². The molecule has 1 heterocycles. The summed E-state index contributed by atoms with van der Waals surface area (Å²) in [4.78, 5) is 47.4. The average molecular weight is 459 g/mol. The van der Waals surface area contributed by atoms with Gasteiger partial charge >= 0.3 is 5.97 Å². The fraction of sp³-hybridized carbons (Fsp3) is 0.190. The van der Waals surface area contributed by atoms with E-state index in [1.807, 2.05) is 0 Å². The lowest BCUT2D eigenvalue weighted by Gasteiger charge is -2.08. The molecule has 1 aromatic heterocycles. The van der Waals surface area contributed by atoms with Gasteiger partial charge in [0, 0.05) is 23.7 Å². The number of nitrogens with zero attached hydrogens (tertiary/aromatic N) is 1. The van der Waals surface area contributed by atoms with Gasteiger partial charge in [0.2, 0.25) is 5.91 Å². The van der Waals surface area contributed by atoms with Crippen molar-refractivity contribution < 1.29 is 32.7 Å². The first kappa shape index (κ1) is 23.3. The number of carbonyl (C=O) groups is 4. The van der Waals surface area contributed by atoms with E-state index < -0.39 is 48.5 Å². The Morgan fingerprint density at radius 2 is 1.76 bits per heavy atom. The van der Waals surface area contributed by atoms with Gasteiger partial charge in [-0.05, 0) is 18.2 Å². The molecule has 0 radical (unpaired) electrons. The van der Waals surface area contributed by atoms with Gasteiger partial charge in [-0.2, -0.15) is 5.10 Å². The Hall–Kier alpha value is -4.35. The molecule has 0 saturated heterocycles. The molecule has 0 fully saturated rings. The zero-order chi connectivity index (χ0) is 23.8. The van der Waals surface area contributed by atoms with Crippen LogP contribution in [0.1, 0.15) is 16.9 Å². The Morgan fingerprint density at radius 3 is 2.55 bits per heavy atom. The van der Waals surface area contributed by atoms with Gasteiger partial charge < -0.3 is 20.7 Å². The highest BCUT2D eigenvalue weighted by molar-refractivity contribution is 6.04. The summed E-state index contributed by atoms with van der Waals surface area (Å²) in [5.41, 5.74) is 0.913. The predicted molar refractivity (Wildman–Crippen MR) is 112 cm³/mol.